The Bertz CT molecular complexity index is 1400. The van der Waals surface area contributed by atoms with Gasteiger partial charge in [-0.05, 0) is 84.2 Å². The number of methoxy groups -OCH3 is 2. The lowest BCUT2D eigenvalue weighted by Crippen LogP contribution is -2.29. The van der Waals surface area contributed by atoms with Gasteiger partial charge < -0.3 is 24.1 Å². The van der Waals surface area contributed by atoms with Crippen molar-refractivity contribution in [3.63, 3.8) is 0 Å². The Morgan fingerprint density at radius 2 is 1.55 bits per heavy atom. The van der Waals surface area contributed by atoms with Gasteiger partial charge in [0.2, 0.25) is 0 Å². The van der Waals surface area contributed by atoms with E-state index in [2.05, 4.69) is 60.7 Å². The second-order valence-corrected chi connectivity index (χ2v) is 11.4. The van der Waals surface area contributed by atoms with Gasteiger partial charge in [0.25, 0.3) is 0 Å². The van der Waals surface area contributed by atoms with Crippen LogP contribution in [0.4, 0.5) is 0 Å². The van der Waals surface area contributed by atoms with Crippen LogP contribution in [0.25, 0.3) is 10.8 Å². The van der Waals surface area contributed by atoms with Gasteiger partial charge in [0.1, 0.15) is 17.2 Å². The topological polar surface area (TPSA) is 57.2 Å². The fourth-order valence-corrected chi connectivity index (χ4v) is 6.60. The molecule has 0 aliphatic heterocycles. The lowest BCUT2D eigenvalue weighted by atomic mass is 9.67. The quantitative estimate of drug-likeness (QED) is 0.156. The zero-order valence-electron chi connectivity index (χ0n) is 25.0. The van der Waals surface area contributed by atoms with Crippen LogP contribution >= 0.6 is 0 Å². The number of aliphatic hydroxyl groups is 1. The second-order valence-electron chi connectivity index (χ2n) is 11.4. The summed E-state index contributed by atoms with van der Waals surface area (Å²) in [6.07, 6.45) is 6.35. The van der Waals surface area contributed by atoms with Gasteiger partial charge in [0.05, 0.1) is 34.0 Å². The Kier molecular flexibility index (Phi) is 10.7. The molecule has 4 aromatic carbocycles. The third kappa shape index (κ3) is 7.45. The summed E-state index contributed by atoms with van der Waals surface area (Å²) >= 11 is 0. The van der Waals surface area contributed by atoms with Gasteiger partial charge in [0, 0.05) is 24.0 Å². The lowest BCUT2D eigenvalue weighted by molar-refractivity contribution is 0.105. The third-order valence-corrected chi connectivity index (χ3v) is 8.72. The monoisotopic (exact) mass is 568 g/mol. The summed E-state index contributed by atoms with van der Waals surface area (Å²) in [4.78, 5) is 0. The molecular weight excluding hydrogens is 524 g/mol. The van der Waals surface area contributed by atoms with Gasteiger partial charge in [-0.1, -0.05) is 67.1 Å². The Labute approximate surface area is 250 Å². The van der Waals surface area contributed by atoms with Crippen LogP contribution < -0.4 is 14.2 Å². The number of benzene rings is 4. The molecule has 0 spiro atoms. The molecule has 5 rings (SSSR count). The summed E-state index contributed by atoms with van der Waals surface area (Å²) in [5.74, 6) is 3.84. The lowest BCUT2D eigenvalue weighted by Gasteiger charge is -2.38. The Balaban J connectivity index is 1.15. The van der Waals surface area contributed by atoms with Crippen LogP contribution in [0.5, 0.6) is 17.2 Å². The Morgan fingerprint density at radius 1 is 0.786 bits per heavy atom. The minimum Gasteiger partial charge on any atom is -0.496 e. The van der Waals surface area contributed by atoms with Crippen molar-refractivity contribution in [2.75, 3.05) is 34.0 Å². The normalized spacial score (nSPS) is 18.6. The van der Waals surface area contributed by atoms with Crippen LogP contribution in [0.3, 0.4) is 0 Å². The molecule has 0 aromatic heterocycles. The van der Waals surface area contributed by atoms with Crippen LogP contribution in [0.15, 0.2) is 84.9 Å². The first-order valence-electron chi connectivity index (χ1n) is 15.3. The first-order chi connectivity index (χ1) is 20.7. The molecule has 0 amide bonds. The van der Waals surface area contributed by atoms with Gasteiger partial charge in [-0.15, -0.1) is 0 Å². The summed E-state index contributed by atoms with van der Waals surface area (Å²) in [6.45, 7) is 1.99. The van der Waals surface area contributed by atoms with Crippen molar-refractivity contribution in [1.82, 2.24) is 0 Å². The molecule has 1 N–H and O–H groups in total. The van der Waals surface area contributed by atoms with E-state index < -0.39 is 0 Å². The molecule has 5 heteroatoms. The van der Waals surface area contributed by atoms with Gasteiger partial charge in [0.15, 0.2) is 0 Å². The van der Waals surface area contributed by atoms with E-state index in [0.29, 0.717) is 37.6 Å². The second kappa shape index (κ2) is 15.1. The van der Waals surface area contributed by atoms with Crippen molar-refractivity contribution < 1.29 is 24.1 Å². The molecule has 1 saturated carbocycles. The third-order valence-electron chi connectivity index (χ3n) is 8.72. The standard InChI is InChI=1S/C37H44O5/c1-39-35-14-6-4-10-32(35)26-41-21-8-22-42-33-19-17-29(18-20-33)37-28(11-7-12-31(37)25-38)16-15-27-23-30-9-3-5-13-34(30)36(24-27)40-2/h3-6,9-10,13-14,17-20,23-24,28,31,37-38H,7-8,11-12,15-16,21-22,25-26H2,1-2H3/t28-,31+,37+/m1/s1. The molecule has 4 aromatic rings. The van der Waals surface area contributed by atoms with Crippen molar-refractivity contribution in [2.24, 2.45) is 11.8 Å². The number of rotatable bonds is 14. The smallest absolute Gasteiger partial charge is 0.126 e. The molecule has 42 heavy (non-hydrogen) atoms. The molecule has 0 saturated heterocycles. The maximum atomic E-state index is 10.3. The summed E-state index contributed by atoms with van der Waals surface area (Å²) in [5, 5.41) is 12.7. The largest absolute Gasteiger partial charge is 0.496 e. The minimum atomic E-state index is 0.234. The zero-order valence-corrected chi connectivity index (χ0v) is 25.0. The Hall–Kier alpha value is -3.54. The number of ether oxygens (including phenoxy) is 4. The van der Waals surface area contributed by atoms with Crippen molar-refractivity contribution >= 4 is 10.8 Å². The molecule has 0 heterocycles. The molecule has 1 aliphatic rings. The van der Waals surface area contributed by atoms with E-state index in [1.54, 1.807) is 14.2 Å². The van der Waals surface area contributed by atoms with Crippen molar-refractivity contribution in [3.8, 4) is 17.2 Å². The maximum absolute atomic E-state index is 10.3. The highest BCUT2D eigenvalue weighted by Crippen LogP contribution is 2.44. The van der Waals surface area contributed by atoms with Crippen molar-refractivity contribution in [3.05, 3.63) is 102 Å². The number of para-hydroxylation sites is 1. The Morgan fingerprint density at radius 3 is 2.36 bits per heavy atom. The van der Waals surface area contributed by atoms with Crippen LogP contribution in [-0.4, -0.2) is 39.1 Å². The van der Waals surface area contributed by atoms with Crippen molar-refractivity contribution in [1.29, 1.82) is 0 Å². The summed E-state index contributed by atoms with van der Waals surface area (Å²) in [7, 11) is 3.43. The summed E-state index contributed by atoms with van der Waals surface area (Å²) in [5.41, 5.74) is 3.67. The maximum Gasteiger partial charge on any atom is 0.126 e. The minimum absolute atomic E-state index is 0.234. The SMILES string of the molecule is COc1ccccc1COCCCOc1ccc([C@@H]2[C@@H](CCc3cc(OC)c4ccccc4c3)CCC[C@H]2CO)cc1. The predicted molar refractivity (Wildman–Crippen MR) is 169 cm³/mol. The number of fused-ring (bicyclic) bond motifs is 1. The molecule has 3 atom stereocenters. The zero-order chi connectivity index (χ0) is 29.1. The summed E-state index contributed by atoms with van der Waals surface area (Å²) in [6, 6.07) is 29.4. The first-order valence-corrected chi connectivity index (χ1v) is 15.3. The summed E-state index contributed by atoms with van der Waals surface area (Å²) < 4.78 is 23.0. The highest BCUT2D eigenvalue weighted by Gasteiger charge is 2.33. The van der Waals surface area contributed by atoms with Crippen molar-refractivity contribution in [2.45, 2.75) is 51.0 Å². The van der Waals surface area contributed by atoms with E-state index in [4.69, 9.17) is 18.9 Å². The van der Waals surface area contributed by atoms with Gasteiger partial charge in [-0.3, -0.25) is 0 Å². The molecule has 1 aliphatic carbocycles. The van der Waals surface area contributed by atoms with Gasteiger partial charge in [-0.2, -0.15) is 0 Å². The van der Waals surface area contributed by atoms with Gasteiger partial charge >= 0.3 is 0 Å². The molecule has 0 radical (unpaired) electrons. The van der Waals surface area contributed by atoms with E-state index in [9.17, 15) is 5.11 Å². The first kappa shape index (κ1) is 29.9. The fourth-order valence-electron chi connectivity index (χ4n) is 6.60. The average molecular weight is 569 g/mol. The highest BCUT2D eigenvalue weighted by molar-refractivity contribution is 5.89. The average Bonchev–Trinajstić information content (AvgIpc) is 3.05. The number of aryl methyl sites for hydroxylation is 1. The molecular formula is C37H44O5. The molecule has 222 valence electrons. The predicted octanol–water partition coefficient (Wildman–Crippen LogP) is 7.97. The highest BCUT2D eigenvalue weighted by atomic mass is 16.5. The molecule has 0 bridgehead atoms. The molecule has 5 nitrogen and oxygen atoms in total. The van der Waals surface area contributed by atoms with E-state index in [1.165, 1.54) is 29.4 Å². The number of aliphatic hydroxyl groups excluding tert-OH is 1. The molecule has 1 fully saturated rings. The van der Waals surface area contributed by atoms with E-state index in [1.807, 2.05) is 24.3 Å². The molecule has 0 unspecified atom stereocenters. The van der Waals surface area contributed by atoms with Crippen LogP contribution in [0.1, 0.15) is 54.7 Å². The van der Waals surface area contributed by atoms with Crippen LogP contribution in [-0.2, 0) is 17.8 Å². The van der Waals surface area contributed by atoms with Crippen LogP contribution in [0, 0.1) is 11.8 Å². The van der Waals surface area contributed by atoms with E-state index in [-0.39, 0.29) is 6.61 Å². The number of hydrogen-bond acceptors (Lipinski definition) is 5. The van der Waals surface area contributed by atoms with Gasteiger partial charge in [-0.25, -0.2) is 0 Å². The van der Waals surface area contributed by atoms with E-state index in [0.717, 1.165) is 53.9 Å². The number of hydrogen-bond donors (Lipinski definition) is 1. The fraction of sp³-hybridized carbons (Fsp3) is 0.405. The van der Waals surface area contributed by atoms with Crippen LogP contribution in [0.2, 0.25) is 0 Å². The van der Waals surface area contributed by atoms with E-state index >= 15 is 0 Å².